The van der Waals surface area contributed by atoms with Gasteiger partial charge in [-0.2, -0.15) is 0 Å². The van der Waals surface area contributed by atoms with Crippen molar-refractivity contribution in [1.29, 1.82) is 0 Å². The van der Waals surface area contributed by atoms with Crippen LogP contribution in [0, 0.1) is 0 Å². The molecule has 1 saturated heterocycles. The van der Waals surface area contributed by atoms with E-state index in [-0.39, 0.29) is 11.9 Å². The van der Waals surface area contributed by atoms with Crippen LogP contribution in [-0.4, -0.2) is 11.9 Å². The van der Waals surface area contributed by atoms with Crippen LogP contribution in [0.2, 0.25) is 0 Å². The van der Waals surface area contributed by atoms with Crippen LogP contribution in [0.1, 0.15) is 25.8 Å². The van der Waals surface area contributed by atoms with E-state index in [1.807, 2.05) is 44.2 Å². The zero-order valence-electron chi connectivity index (χ0n) is 9.08. The molecule has 2 rings (SSSR count). The van der Waals surface area contributed by atoms with Crippen molar-refractivity contribution in [3.8, 4) is 0 Å². The number of carbonyl (C=O) groups is 1. The number of hydrogen-bond donors (Lipinski definition) is 2. The fourth-order valence-corrected chi connectivity index (χ4v) is 2.00. The summed E-state index contributed by atoms with van der Waals surface area (Å²) in [7, 11) is 0. The highest BCUT2D eigenvalue weighted by Crippen LogP contribution is 2.23. The average molecular weight is 204 g/mol. The standard InChI is InChI=1S/C12H16N2O/c1-3-10-11(15)14-12(2,13-10)9-7-5-4-6-8-9/h4-8,10,13H,3H2,1-2H3,(H,14,15). The first kappa shape index (κ1) is 10.2. The molecule has 1 aromatic carbocycles. The number of benzene rings is 1. The van der Waals surface area contributed by atoms with Crippen LogP contribution < -0.4 is 10.6 Å². The van der Waals surface area contributed by atoms with Crippen molar-refractivity contribution < 1.29 is 4.79 Å². The minimum absolute atomic E-state index is 0.0739. The third kappa shape index (κ3) is 1.75. The van der Waals surface area contributed by atoms with Gasteiger partial charge in [-0.1, -0.05) is 37.3 Å². The third-order valence-corrected chi connectivity index (χ3v) is 2.91. The molecule has 80 valence electrons. The molecule has 0 aliphatic carbocycles. The molecule has 0 radical (unpaired) electrons. The second kappa shape index (κ2) is 3.66. The molecule has 3 nitrogen and oxygen atoms in total. The highest BCUT2D eigenvalue weighted by atomic mass is 16.2. The Kier molecular flexibility index (Phi) is 2.49. The van der Waals surface area contributed by atoms with Crippen LogP contribution in [0.25, 0.3) is 0 Å². The molecule has 1 aliphatic rings. The Balaban J connectivity index is 2.27. The molecule has 1 heterocycles. The van der Waals surface area contributed by atoms with Gasteiger partial charge in [0.15, 0.2) is 0 Å². The lowest BCUT2D eigenvalue weighted by Crippen LogP contribution is -2.44. The molecule has 2 N–H and O–H groups in total. The van der Waals surface area contributed by atoms with E-state index in [9.17, 15) is 4.79 Å². The summed E-state index contributed by atoms with van der Waals surface area (Å²) in [6.07, 6.45) is 0.814. The molecule has 15 heavy (non-hydrogen) atoms. The number of nitrogens with one attached hydrogen (secondary N) is 2. The Bertz CT molecular complexity index is 363. The Morgan fingerprint density at radius 3 is 2.53 bits per heavy atom. The molecule has 2 atom stereocenters. The van der Waals surface area contributed by atoms with Gasteiger partial charge in [0, 0.05) is 0 Å². The van der Waals surface area contributed by atoms with Gasteiger partial charge in [0.05, 0.1) is 6.04 Å². The Hall–Kier alpha value is -1.35. The summed E-state index contributed by atoms with van der Waals surface area (Å²) in [6, 6.07) is 9.90. The highest BCUT2D eigenvalue weighted by Gasteiger charge is 2.39. The minimum Gasteiger partial charge on any atom is -0.333 e. The first-order valence-corrected chi connectivity index (χ1v) is 5.31. The van der Waals surface area contributed by atoms with Gasteiger partial charge < -0.3 is 5.32 Å². The quantitative estimate of drug-likeness (QED) is 0.763. The van der Waals surface area contributed by atoms with Crippen molar-refractivity contribution in [3.05, 3.63) is 35.9 Å². The molecule has 1 fully saturated rings. The third-order valence-electron chi connectivity index (χ3n) is 2.91. The number of hydrogen-bond acceptors (Lipinski definition) is 2. The molecule has 0 saturated carbocycles. The fraction of sp³-hybridized carbons (Fsp3) is 0.417. The van der Waals surface area contributed by atoms with Crippen LogP contribution in [0.15, 0.2) is 30.3 Å². The minimum atomic E-state index is -0.418. The summed E-state index contributed by atoms with van der Waals surface area (Å²) in [4.78, 5) is 11.6. The predicted molar refractivity (Wildman–Crippen MR) is 59.2 cm³/mol. The van der Waals surface area contributed by atoms with E-state index >= 15 is 0 Å². The van der Waals surface area contributed by atoms with Crippen molar-refractivity contribution in [2.45, 2.75) is 32.0 Å². The Morgan fingerprint density at radius 2 is 2.00 bits per heavy atom. The van der Waals surface area contributed by atoms with Gasteiger partial charge in [-0.15, -0.1) is 0 Å². The summed E-state index contributed by atoms with van der Waals surface area (Å²) in [5.41, 5.74) is 0.674. The lowest BCUT2D eigenvalue weighted by Gasteiger charge is -2.25. The summed E-state index contributed by atoms with van der Waals surface area (Å²) in [6.45, 7) is 4.00. The molecule has 1 aromatic rings. The Morgan fingerprint density at radius 1 is 1.33 bits per heavy atom. The largest absolute Gasteiger partial charge is 0.333 e. The van der Waals surface area contributed by atoms with Gasteiger partial charge in [-0.25, -0.2) is 0 Å². The van der Waals surface area contributed by atoms with Crippen molar-refractivity contribution in [2.75, 3.05) is 0 Å². The van der Waals surface area contributed by atoms with E-state index < -0.39 is 5.66 Å². The summed E-state index contributed by atoms with van der Waals surface area (Å²) in [5.74, 6) is 0.0869. The monoisotopic (exact) mass is 204 g/mol. The molecule has 0 spiro atoms. The second-order valence-corrected chi connectivity index (χ2v) is 4.09. The highest BCUT2D eigenvalue weighted by molar-refractivity contribution is 5.85. The first-order chi connectivity index (χ1) is 7.15. The average Bonchev–Trinajstić information content (AvgIpc) is 2.56. The van der Waals surface area contributed by atoms with Crippen LogP contribution in [-0.2, 0) is 10.5 Å². The maximum atomic E-state index is 11.6. The van der Waals surface area contributed by atoms with Crippen molar-refractivity contribution in [2.24, 2.45) is 0 Å². The molecular formula is C12H16N2O. The van der Waals surface area contributed by atoms with Crippen LogP contribution in [0.5, 0.6) is 0 Å². The molecular weight excluding hydrogens is 188 g/mol. The molecule has 0 bridgehead atoms. The van der Waals surface area contributed by atoms with Gasteiger partial charge in [0.2, 0.25) is 5.91 Å². The Labute approximate surface area is 89.9 Å². The van der Waals surface area contributed by atoms with E-state index in [2.05, 4.69) is 10.6 Å². The van der Waals surface area contributed by atoms with Gasteiger partial charge in [0.25, 0.3) is 0 Å². The number of amides is 1. The van der Waals surface area contributed by atoms with E-state index in [0.717, 1.165) is 12.0 Å². The lowest BCUT2D eigenvalue weighted by atomic mass is 10.0. The molecule has 1 aliphatic heterocycles. The second-order valence-electron chi connectivity index (χ2n) is 4.09. The topological polar surface area (TPSA) is 41.1 Å². The van der Waals surface area contributed by atoms with Gasteiger partial charge in [0.1, 0.15) is 5.66 Å². The van der Waals surface area contributed by atoms with Gasteiger partial charge in [-0.05, 0) is 18.9 Å². The normalized spacial score (nSPS) is 30.3. The van der Waals surface area contributed by atoms with Crippen LogP contribution in [0.3, 0.4) is 0 Å². The lowest BCUT2D eigenvalue weighted by molar-refractivity contribution is -0.121. The van der Waals surface area contributed by atoms with Crippen molar-refractivity contribution >= 4 is 5.91 Å². The molecule has 2 unspecified atom stereocenters. The zero-order valence-corrected chi connectivity index (χ0v) is 9.08. The first-order valence-electron chi connectivity index (χ1n) is 5.31. The summed E-state index contributed by atoms with van der Waals surface area (Å²) in [5, 5.41) is 6.32. The van der Waals surface area contributed by atoms with E-state index in [4.69, 9.17) is 0 Å². The van der Waals surface area contributed by atoms with Crippen LogP contribution >= 0.6 is 0 Å². The predicted octanol–water partition coefficient (Wildman–Crippen LogP) is 1.36. The van der Waals surface area contributed by atoms with Gasteiger partial charge in [-0.3, -0.25) is 10.1 Å². The van der Waals surface area contributed by atoms with E-state index in [1.54, 1.807) is 0 Å². The molecule has 1 amide bonds. The zero-order chi connectivity index (χ0) is 10.9. The smallest absolute Gasteiger partial charge is 0.238 e. The molecule has 0 aromatic heterocycles. The van der Waals surface area contributed by atoms with Crippen molar-refractivity contribution in [3.63, 3.8) is 0 Å². The maximum Gasteiger partial charge on any atom is 0.238 e. The number of carbonyl (C=O) groups excluding carboxylic acids is 1. The number of rotatable bonds is 2. The maximum absolute atomic E-state index is 11.6. The summed E-state index contributed by atoms with van der Waals surface area (Å²) < 4.78 is 0. The van der Waals surface area contributed by atoms with Crippen LogP contribution in [0.4, 0.5) is 0 Å². The van der Waals surface area contributed by atoms with Crippen molar-refractivity contribution in [1.82, 2.24) is 10.6 Å². The van der Waals surface area contributed by atoms with Gasteiger partial charge >= 0.3 is 0 Å². The molecule has 3 heteroatoms. The van der Waals surface area contributed by atoms with E-state index in [1.165, 1.54) is 0 Å². The summed E-state index contributed by atoms with van der Waals surface area (Å²) >= 11 is 0. The SMILES string of the molecule is CCC1NC(C)(c2ccccc2)NC1=O. The van der Waals surface area contributed by atoms with E-state index in [0.29, 0.717) is 0 Å². The fourth-order valence-electron chi connectivity index (χ4n) is 2.00.